The molecule has 0 aliphatic carbocycles. The van der Waals surface area contributed by atoms with Crippen LogP contribution in [-0.2, 0) is 13.5 Å². The van der Waals surface area contributed by atoms with Gasteiger partial charge >= 0.3 is 6.03 Å². The molecule has 0 radical (unpaired) electrons. The number of aryl methyl sites for hydroxylation is 2. The molecule has 1 N–H and O–H groups in total. The summed E-state index contributed by atoms with van der Waals surface area (Å²) in [5.74, 6) is 2.26. The van der Waals surface area contributed by atoms with Gasteiger partial charge < -0.3 is 13.9 Å². The van der Waals surface area contributed by atoms with Gasteiger partial charge in [0.05, 0.1) is 6.04 Å². The third-order valence-electron chi connectivity index (χ3n) is 4.73. The van der Waals surface area contributed by atoms with Crippen molar-refractivity contribution in [3.05, 3.63) is 46.4 Å². The van der Waals surface area contributed by atoms with Crippen LogP contribution < -0.4 is 10.9 Å². The van der Waals surface area contributed by atoms with E-state index in [1.807, 2.05) is 19.1 Å². The summed E-state index contributed by atoms with van der Waals surface area (Å²) >= 11 is 0. The van der Waals surface area contributed by atoms with Crippen molar-refractivity contribution in [2.45, 2.75) is 39.2 Å². The maximum atomic E-state index is 12.8. The molecular weight excluding hydrogens is 320 g/mol. The molecule has 25 heavy (non-hydrogen) atoms. The first-order valence-corrected chi connectivity index (χ1v) is 8.67. The molecule has 7 heteroatoms. The summed E-state index contributed by atoms with van der Waals surface area (Å²) in [4.78, 5) is 30.6. The molecular formula is C18H24N4O3. The minimum Gasteiger partial charge on any atom is -0.464 e. The Labute approximate surface area is 146 Å². The second kappa shape index (κ2) is 7.13. The predicted octanol–water partition coefficient (Wildman–Crippen LogP) is 2.94. The van der Waals surface area contributed by atoms with E-state index in [1.54, 1.807) is 18.1 Å². The van der Waals surface area contributed by atoms with Gasteiger partial charge in [-0.25, -0.2) is 9.78 Å². The number of furan rings is 1. The van der Waals surface area contributed by atoms with Crippen LogP contribution in [0.5, 0.6) is 0 Å². The standard InChI is InChI=1S/C18H24N4O3/c1-4-13-5-6-15(25-13)14-11-12(2)7-9-22(14)18(24)20-16-17(23)21(3)10-8-19-16/h5-6,8,10,12,14H,4,7,9,11H2,1-3H3,(H,19,20,24)/t12-,14+/m0/s1. The number of anilines is 1. The molecule has 2 amide bonds. The monoisotopic (exact) mass is 344 g/mol. The van der Waals surface area contributed by atoms with Gasteiger partial charge in [0.25, 0.3) is 5.56 Å². The number of nitrogens with one attached hydrogen (secondary N) is 1. The van der Waals surface area contributed by atoms with E-state index in [4.69, 9.17) is 4.42 Å². The number of carbonyl (C=O) groups excluding carboxylic acids is 1. The van der Waals surface area contributed by atoms with Crippen LogP contribution in [0.15, 0.2) is 33.7 Å². The first-order valence-electron chi connectivity index (χ1n) is 8.67. The lowest BCUT2D eigenvalue weighted by Gasteiger charge is -2.37. The number of carbonyl (C=O) groups is 1. The molecule has 0 saturated carbocycles. The van der Waals surface area contributed by atoms with Crippen molar-refractivity contribution in [1.29, 1.82) is 0 Å². The number of nitrogens with zero attached hydrogens (tertiary/aromatic N) is 3. The van der Waals surface area contributed by atoms with Crippen LogP contribution in [0.25, 0.3) is 0 Å². The Kier molecular flexibility index (Phi) is 4.92. The molecule has 134 valence electrons. The van der Waals surface area contributed by atoms with Gasteiger partial charge in [-0.15, -0.1) is 0 Å². The second-order valence-corrected chi connectivity index (χ2v) is 6.62. The first-order chi connectivity index (χ1) is 12.0. The number of likely N-dealkylation sites (tertiary alicyclic amines) is 1. The van der Waals surface area contributed by atoms with Crippen LogP contribution in [0.1, 0.15) is 44.3 Å². The van der Waals surface area contributed by atoms with Gasteiger partial charge in [0.1, 0.15) is 11.5 Å². The summed E-state index contributed by atoms with van der Waals surface area (Å²) < 4.78 is 7.28. The van der Waals surface area contributed by atoms with Crippen molar-refractivity contribution < 1.29 is 9.21 Å². The number of piperidine rings is 1. The fraction of sp³-hybridized carbons (Fsp3) is 0.500. The highest BCUT2D eigenvalue weighted by Crippen LogP contribution is 2.35. The lowest BCUT2D eigenvalue weighted by atomic mass is 9.91. The van der Waals surface area contributed by atoms with Crippen LogP contribution in [0.4, 0.5) is 10.6 Å². The van der Waals surface area contributed by atoms with Crippen molar-refractivity contribution in [2.24, 2.45) is 13.0 Å². The number of amides is 2. The SMILES string of the molecule is CCc1ccc([C@H]2C[C@@H](C)CCN2C(=O)Nc2nccn(C)c2=O)o1. The van der Waals surface area contributed by atoms with Crippen LogP contribution >= 0.6 is 0 Å². The fourth-order valence-corrected chi connectivity index (χ4v) is 3.17. The topological polar surface area (TPSA) is 80.4 Å². The average molecular weight is 344 g/mol. The Bertz CT molecular complexity index is 811. The minimum atomic E-state index is -0.330. The lowest BCUT2D eigenvalue weighted by Crippen LogP contribution is -2.43. The molecule has 1 aliphatic rings. The van der Waals surface area contributed by atoms with Gasteiger partial charge in [0.15, 0.2) is 0 Å². The normalized spacial score (nSPS) is 20.5. The van der Waals surface area contributed by atoms with Gasteiger partial charge in [0, 0.05) is 32.4 Å². The largest absolute Gasteiger partial charge is 0.464 e. The van der Waals surface area contributed by atoms with E-state index in [0.29, 0.717) is 12.5 Å². The van der Waals surface area contributed by atoms with Gasteiger partial charge in [-0.05, 0) is 30.9 Å². The van der Waals surface area contributed by atoms with Crippen LogP contribution in [-0.4, -0.2) is 27.0 Å². The molecule has 1 fully saturated rings. The number of aromatic nitrogens is 2. The fourth-order valence-electron chi connectivity index (χ4n) is 3.17. The number of hydrogen-bond donors (Lipinski definition) is 1. The average Bonchev–Trinajstić information content (AvgIpc) is 3.08. The van der Waals surface area contributed by atoms with Crippen molar-refractivity contribution >= 4 is 11.8 Å². The maximum absolute atomic E-state index is 12.8. The predicted molar refractivity (Wildman–Crippen MR) is 94.4 cm³/mol. The van der Waals surface area contributed by atoms with Crippen molar-refractivity contribution in [2.75, 3.05) is 11.9 Å². The van der Waals surface area contributed by atoms with Crippen LogP contribution in [0.3, 0.4) is 0 Å². The Balaban J connectivity index is 1.83. The summed E-state index contributed by atoms with van der Waals surface area (Å²) in [7, 11) is 1.63. The Morgan fingerprint density at radius 2 is 2.24 bits per heavy atom. The zero-order valence-electron chi connectivity index (χ0n) is 14.9. The van der Waals surface area contributed by atoms with E-state index in [-0.39, 0.29) is 23.5 Å². The third-order valence-corrected chi connectivity index (χ3v) is 4.73. The number of rotatable bonds is 3. The molecule has 3 heterocycles. The van der Waals surface area contributed by atoms with E-state index in [0.717, 1.165) is 30.8 Å². The summed E-state index contributed by atoms with van der Waals surface area (Å²) in [5.41, 5.74) is -0.330. The van der Waals surface area contributed by atoms with Crippen molar-refractivity contribution in [1.82, 2.24) is 14.5 Å². The molecule has 1 aliphatic heterocycles. The Morgan fingerprint density at radius 1 is 1.44 bits per heavy atom. The van der Waals surface area contributed by atoms with Gasteiger partial charge in [-0.1, -0.05) is 13.8 Å². The van der Waals surface area contributed by atoms with Crippen molar-refractivity contribution in [3.8, 4) is 0 Å². The molecule has 0 bridgehead atoms. The molecule has 2 aromatic heterocycles. The first kappa shape index (κ1) is 17.3. The van der Waals surface area contributed by atoms with E-state index in [1.165, 1.54) is 10.8 Å². The highest BCUT2D eigenvalue weighted by molar-refractivity contribution is 5.88. The van der Waals surface area contributed by atoms with E-state index in [2.05, 4.69) is 17.2 Å². The van der Waals surface area contributed by atoms with Gasteiger partial charge in [0.2, 0.25) is 5.82 Å². The molecule has 0 aromatic carbocycles. The molecule has 0 spiro atoms. The molecule has 1 saturated heterocycles. The number of hydrogen-bond acceptors (Lipinski definition) is 4. The second-order valence-electron chi connectivity index (χ2n) is 6.62. The maximum Gasteiger partial charge on any atom is 0.323 e. The van der Waals surface area contributed by atoms with Gasteiger partial charge in [-0.3, -0.25) is 10.1 Å². The summed E-state index contributed by atoms with van der Waals surface area (Å²) in [6.07, 6.45) is 5.62. The number of urea groups is 1. The van der Waals surface area contributed by atoms with E-state index < -0.39 is 0 Å². The minimum absolute atomic E-state index is 0.0427. The van der Waals surface area contributed by atoms with Crippen LogP contribution in [0, 0.1) is 5.92 Å². The lowest BCUT2D eigenvalue weighted by molar-refractivity contribution is 0.128. The van der Waals surface area contributed by atoms with Gasteiger partial charge in [-0.2, -0.15) is 0 Å². The Morgan fingerprint density at radius 3 is 2.96 bits per heavy atom. The molecule has 3 rings (SSSR count). The summed E-state index contributed by atoms with van der Waals surface area (Å²) in [6, 6.07) is 3.46. The molecule has 2 atom stereocenters. The van der Waals surface area contributed by atoms with Crippen molar-refractivity contribution in [3.63, 3.8) is 0 Å². The third kappa shape index (κ3) is 3.60. The summed E-state index contributed by atoms with van der Waals surface area (Å²) in [5, 5.41) is 2.66. The zero-order valence-corrected chi connectivity index (χ0v) is 14.9. The van der Waals surface area contributed by atoms with E-state index >= 15 is 0 Å². The Hall–Kier alpha value is -2.57. The highest BCUT2D eigenvalue weighted by atomic mass is 16.3. The molecule has 2 aromatic rings. The zero-order chi connectivity index (χ0) is 18.0. The highest BCUT2D eigenvalue weighted by Gasteiger charge is 2.33. The van der Waals surface area contributed by atoms with Crippen LogP contribution in [0.2, 0.25) is 0 Å². The smallest absolute Gasteiger partial charge is 0.323 e. The van der Waals surface area contributed by atoms with E-state index in [9.17, 15) is 9.59 Å². The quantitative estimate of drug-likeness (QED) is 0.928. The molecule has 0 unspecified atom stereocenters. The summed E-state index contributed by atoms with van der Waals surface area (Å²) in [6.45, 7) is 4.83. The molecule has 7 nitrogen and oxygen atoms in total.